The number of nitrogens with one attached hydrogen (secondary N) is 1. The third-order valence-electron chi connectivity index (χ3n) is 5.26. The minimum absolute atomic E-state index is 0.0422. The number of alkyl halides is 3. The molecular formula is C23H17F3N4O3. The summed E-state index contributed by atoms with van der Waals surface area (Å²) in [6, 6.07) is 12.4. The van der Waals surface area contributed by atoms with Crippen LogP contribution in [0.2, 0.25) is 0 Å². The van der Waals surface area contributed by atoms with Gasteiger partial charge in [-0.1, -0.05) is 12.1 Å². The molecule has 33 heavy (non-hydrogen) atoms. The molecule has 1 aliphatic rings. The van der Waals surface area contributed by atoms with Crippen molar-refractivity contribution in [2.45, 2.75) is 20.0 Å². The fourth-order valence-corrected chi connectivity index (χ4v) is 3.55. The number of amides is 1. The average molecular weight is 454 g/mol. The van der Waals surface area contributed by atoms with Gasteiger partial charge in [-0.25, -0.2) is 9.50 Å². The molecule has 0 fully saturated rings. The number of fused-ring (bicyclic) bond motifs is 2. The van der Waals surface area contributed by atoms with Gasteiger partial charge in [0, 0.05) is 17.3 Å². The Balaban J connectivity index is 1.58. The van der Waals surface area contributed by atoms with Gasteiger partial charge >= 0.3 is 6.18 Å². The molecule has 1 N–H and O–H groups in total. The summed E-state index contributed by atoms with van der Waals surface area (Å²) in [7, 11) is 0. The van der Waals surface area contributed by atoms with Crippen LogP contribution in [0.25, 0.3) is 16.9 Å². The Bertz CT molecular complexity index is 1410. The minimum atomic E-state index is -4.72. The summed E-state index contributed by atoms with van der Waals surface area (Å²) in [5.74, 6) is 0.294. The van der Waals surface area contributed by atoms with E-state index in [0.717, 1.165) is 17.2 Å². The number of nitrogens with zero attached hydrogens (tertiary/aromatic N) is 3. The van der Waals surface area contributed by atoms with Crippen molar-refractivity contribution in [1.29, 1.82) is 0 Å². The summed E-state index contributed by atoms with van der Waals surface area (Å²) >= 11 is 0. The molecule has 10 heteroatoms. The number of benzene rings is 2. The molecule has 5 rings (SSSR count). The van der Waals surface area contributed by atoms with E-state index in [4.69, 9.17) is 9.47 Å². The van der Waals surface area contributed by atoms with Crippen LogP contribution in [-0.4, -0.2) is 27.3 Å². The van der Waals surface area contributed by atoms with Crippen molar-refractivity contribution in [1.82, 2.24) is 14.6 Å². The maximum absolute atomic E-state index is 13.9. The SMILES string of the molecule is Cc1ccc(C)c(NC(=O)c2cc3nc(-c4ccc5c(c4)OCO5)cc(C(F)(F)F)n3n2)c1. The van der Waals surface area contributed by atoms with Crippen LogP contribution in [0.4, 0.5) is 18.9 Å². The van der Waals surface area contributed by atoms with Crippen LogP contribution in [0.1, 0.15) is 27.3 Å². The molecule has 3 heterocycles. The number of carbonyl (C=O) groups excluding carboxylic acids is 1. The van der Waals surface area contributed by atoms with Crippen LogP contribution in [0, 0.1) is 13.8 Å². The van der Waals surface area contributed by atoms with E-state index >= 15 is 0 Å². The van der Waals surface area contributed by atoms with Gasteiger partial charge in [-0.15, -0.1) is 0 Å². The summed E-state index contributed by atoms with van der Waals surface area (Å²) < 4.78 is 52.8. The van der Waals surface area contributed by atoms with Crippen molar-refractivity contribution < 1.29 is 27.4 Å². The molecule has 0 radical (unpaired) electrons. The predicted octanol–water partition coefficient (Wildman–Crippen LogP) is 5.01. The second-order valence-corrected chi connectivity index (χ2v) is 7.66. The number of hydrogen-bond donors (Lipinski definition) is 1. The molecule has 4 aromatic rings. The summed E-state index contributed by atoms with van der Waals surface area (Å²) in [6.07, 6.45) is -4.72. The molecule has 0 aliphatic carbocycles. The number of ether oxygens (including phenoxy) is 2. The zero-order valence-corrected chi connectivity index (χ0v) is 17.5. The molecule has 0 spiro atoms. The first-order valence-corrected chi connectivity index (χ1v) is 9.96. The number of halogens is 3. The van der Waals surface area contributed by atoms with Gasteiger partial charge in [-0.3, -0.25) is 4.79 Å². The van der Waals surface area contributed by atoms with Crippen LogP contribution >= 0.6 is 0 Å². The van der Waals surface area contributed by atoms with Crippen LogP contribution in [-0.2, 0) is 6.18 Å². The Morgan fingerprint density at radius 3 is 2.61 bits per heavy atom. The quantitative estimate of drug-likeness (QED) is 0.471. The molecule has 1 amide bonds. The van der Waals surface area contributed by atoms with Crippen molar-refractivity contribution in [3.8, 4) is 22.8 Å². The highest BCUT2D eigenvalue weighted by Gasteiger charge is 2.36. The third kappa shape index (κ3) is 3.84. The predicted molar refractivity (Wildman–Crippen MR) is 113 cm³/mol. The Kier molecular flexibility index (Phi) is 4.73. The minimum Gasteiger partial charge on any atom is -0.454 e. The third-order valence-corrected chi connectivity index (χ3v) is 5.26. The zero-order chi connectivity index (χ0) is 23.3. The lowest BCUT2D eigenvalue weighted by Crippen LogP contribution is -2.16. The first-order chi connectivity index (χ1) is 15.7. The van der Waals surface area contributed by atoms with Gasteiger partial charge in [0.25, 0.3) is 5.91 Å². The number of aromatic nitrogens is 3. The average Bonchev–Trinajstić information content (AvgIpc) is 3.41. The van der Waals surface area contributed by atoms with Gasteiger partial charge in [0.05, 0.1) is 5.69 Å². The van der Waals surface area contributed by atoms with E-state index in [1.54, 1.807) is 24.3 Å². The van der Waals surface area contributed by atoms with Gasteiger partial charge in [0.2, 0.25) is 6.79 Å². The lowest BCUT2D eigenvalue weighted by atomic mass is 10.1. The molecule has 2 aromatic carbocycles. The van der Waals surface area contributed by atoms with Crippen LogP contribution in [0.3, 0.4) is 0 Å². The lowest BCUT2D eigenvalue weighted by molar-refractivity contribution is -0.142. The molecule has 168 valence electrons. The molecule has 7 nitrogen and oxygen atoms in total. The molecule has 0 unspecified atom stereocenters. The van der Waals surface area contributed by atoms with Crippen LogP contribution in [0.5, 0.6) is 11.5 Å². The highest BCUT2D eigenvalue weighted by molar-refractivity contribution is 6.04. The van der Waals surface area contributed by atoms with Crippen molar-refractivity contribution in [3.63, 3.8) is 0 Å². The van der Waals surface area contributed by atoms with E-state index in [0.29, 0.717) is 27.3 Å². The van der Waals surface area contributed by atoms with E-state index in [1.807, 2.05) is 26.0 Å². The smallest absolute Gasteiger partial charge is 0.433 e. The van der Waals surface area contributed by atoms with E-state index in [1.165, 1.54) is 6.07 Å². The first kappa shape index (κ1) is 20.8. The molecule has 2 aromatic heterocycles. The van der Waals surface area contributed by atoms with Gasteiger partial charge in [0.1, 0.15) is 0 Å². The second kappa shape index (κ2) is 7.51. The Hall–Kier alpha value is -4.08. The molecule has 0 saturated heterocycles. The highest BCUT2D eigenvalue weighted by atomic mass is 19.4. The molecular weight excluding hydrogens is 437 g/mol. The fourth-order valence-electron chi connectivity index (χ4n) is 3.55. The van der Waals surface area contributed by atoms with Crippen molar-refractivity contribution >= 4 is 17.2 Å². The lowest BCUT2D eigenvalue weighted by Gasteiger charge is -2.11. The number of carbonyl (C=O) groups is 1. The summed E-state index contributed by atoms with van der Waals surface area (Å²) in [5, 5.41) is 6.60. The van der Waals surface area contributed by atoms with E-state index in [9.17, 15) is 18.0 Å². The summed E-state index contributed by atoms with van der Waals surface area (Å²) in [5.41, 5.74) is 1.44. The summed E-state index contributed by atoms with van der Waals surface area (Å²) in [6.45, 7) is 3.73. The van der Waals surface area contributed by atoms with Crippen molar-refractivity contribution in [2.75, 3.05) is 12.1 Å². The van der Waals surface area contributed by atoms with Crippen LogP contribution < -0.4 is 14.8 Å². The van der Waals surface area contributed by atoms with Gasteiger partial charge in [0.15, 0.2) is 28.5 Å². The van der Waals surface area contributed by atoms with Gasteiger partial charge < -0.3 is 14.8 Å². The standard InChI is InChI=1S/C23H17F3N4O3/c1-12-3-4-13(2)15(7-12)28-22(31)17-10-21-27-16(9-20(23(24,25)26)30(21)29-17)14-5-6-18-19(8-14)33-11-32-18/h3-10H,11H2,1-2H3,(H,28,31). The Morgan fingerprint density at radius 2 is 1.82 bits per heavy atom. The summed E-state index contributed by atoms with van der Waals surface area (Å²) in [4.78, 5) is 17.1. The maximum Gasteiger partial charge on any atom is 0.433 e. The van der Waals surface area contributed by atoms with Gasteiger partial charge in [-0.2, -0.15) is 18.3 Å². The van der Waals surface area contributed by atoms with Gasteiger partial charge in [-0.05, 0) is 55.3 Å². The molecule has 1 aliphatic heterocycles. The molecule has 0 atom stereocenters. The maximum atomic E-state index is 13.9. The first-order valence-electron chi connectivity index (χ1n) is 9.96. The Morgan fingerprint density at radius 1 is 1.03 bits per heavy atom. The Labute approximate surface area is 185 Å². The molecule has 0 bridgehead atoms. The number of anilines is 1. The van der Waals surface area contributed by atoms with Crippen molar-refractivity contribution in [2.24, 2.45) is 0 Å². The number of rotatable bonds is 3. The highest BCUT2D eigenvalue weighted by Crippen LogP contribution is 2.37. The zero-order valence-electron chi connectivity index (χ0n) is 17.5. The van der Waals surface area contributed by atoms with E-state index < -0.39 is 17.8 Å². The van der Waals surface area contributed by atoms with E-state index in [2.05, 4.69) is 15.4 Å². The second-order valence-electron chi connectivity index (χ2n) is 7.66. The van der Waals surface area contributed by atoms with E-state index in [-0.39, 0.29) is 23.8 Å². The van der Waals surface area contributed by atoms with Crippen LogP contribution in [0.15, 0.2) is 48.5 Å². The number of hydrogen-bond acceptors (Lipinski definition) is 5. The fraction of sp³-hybridized carbons (Fsp3) is 0.174. The normalized spacial score (nSPS) is 12.9. The van der Waals surface area contributed by atoms with Crippen molar-refractivity contribution in [3.05, 3.63) is 71.0 Å². The number of aryl methyl sites for hydroxylation is 2. The molecule has 0 saturated carbocycles. The largest absolute Gasteiger partial charge is 0.454 e. The monoisotopic (exact) mass is 454 g/mol. The topological polar surface area (TPSA) is 77.8 Å².